The molecule has 0 saturated carbocycles. The fourth-order valence-electron chi connectivity index (χ4n) is 1.16. The van der Waals surface area contributed by atoms with Gasteiger partial charge in [0.25, 0.3) is 0 Å². The van der Waals surface area contributed by atoms with E-state index in [4.69, 9.17) is 16.3 Å². The van der Waals surface area contributed by atoms with Gasteiger partial charge in [0, 0.05) is 24.3 Å². The maximum atomic E-state index is 6.01. The van der Waals surface area contributed by atoms with Crippen molar-refractivity contribution in [2.75, 3.05) is 25.6 Å². The predicted octanol–water partition coefficient (Wildman–Crippen LogP) is 3.66. The molecule has 0 aliphatic heterocycles. The number of nitrogens with one attached hydrogen (secondary N) is 1. The molecule has 0 aliphatic rings. The molecule has 0 aromatic carbocycles. The van der Waals surface area contributed by atoms with Crippen molar-refractivity contribution in [2.45, 2.75) is 11.8 Å². The summed E-state index contributed by atoms with van der Waals surface area (Å²) in [5.41, 5.74) is 0. The highest BCUT2D eigenvalue weighted by Gasteiger charge is 2.05. The minimum absolute atomic E-state index is 0.0340. The minimum Gasteiger partial charge on any atom is -0.383 e. The molecular weight excluding hydrogens is 359 g/mol. The number of pyridine rings is 1. The molecule has 1 atom stereocenters. The van der Waals surface area contributed by atoms with Crippen LogP contribution in [0, 0.1) is 0 Å². The van der Waals surface area contributed by atoms with Gasteiger partial charge >= 0.3 is 0 Å². The first-order valence-electron chi connectivity index (χ1n) is 4.81. The quantitative estimate of drug-likeness (QED) is 0.774. The Morgan fingerprint density at radius 1 is 1.56 bits per heavy atom. The molecule has 0 radical (unpaired) electrons. The number of nitrogens with zero attached hydrogens (tertiary/aromatic N) is 1. The molecule has 1 unspecified atom stereocenters. The van der Waals surface area contributed by atoms with Gasteiger partial charge in [-0.1, -0.05) is 0 Å². The number of methoxy groups -OCH3 is 1. The number of anilines is 1. The Labute approximate surface area is 117 Å². The minimum atomic E-state index is 0.0340. The van der Waals surface area contributed by atoms with E-state index < -0.39 is 0 Å². The summed E-state index contributed by atoms with van der Waals surface area (Å²) in [6.45, 7) is 1.34. The second-order valence-corrected chi connectivity index (χ2v) is 5.64. The molecule has 1 aromatic heterocycles. The van der Waals surface area contributed by atoms with E-state index in [1.807, 2.05) is 6.07 Å². The van der Waals surface area contributed by atoms with Crippen LogP contribution in [-0.2, 0) is 4.74 Å². The van der Waals surface area contributed by atoms with Gasteiger partial charge < -0.3 is 10.1 Å². The van der Waals surface area contributed by atoms with Crippen LogP contribution in [0.25, 0.3) is 0 Å². The maximum absolute atomic E-state index is 6.01. The fraction of sp³-hybridized carbons (Fsp3) is 0.500. The number of halogens is 3. The molecule has 0 amide bonds. The lowest BCUT2D eigenvalue weighted by atomic mass is 10.3. The van der Waals surface area contributed by atoms with Gasteiger partial charge in [-0.3, -0.25) is 0 Å². The van der Waals surface area contributed by atoms with Crippen LogP contribution in [0.15, 0.2) is 21.2 Å². The smallest absolute Gasteiger partial charge is 0.140 e. The normalized spacial score (nSPS) is 12.5. The lowest BCUT2D eigenvalue weighted by molar-refractivity contribution is 0.196. The van der Waals surface area contributed by atoms with Crippen LogP contribution in [-0.4, -0.2) is 30.6 Å². The van der Waals surface area contributed by atoms with Crippen LogP contribution in [0.5, 0.6) is 0 Å². The van der Waals surface area contributed by atoms with Gasteiger partial charge in [0.2, 0.25) is 0 Å². The molecule has 6 heteroatoms. The highest BCUT2D eigenvalue weighted by Crippen LogP contribution is 2.23. The third-order valence-corrected chi connectivity index (χ3v) is 3.29. The van der Waals surface area contributed by atoms with Crippen molar-refractivity contribution < 1.29 is 4.74 Å². The van der Waals surface area contributed by atoms with Crippen molar-refractivity contribution in [2.24, 2.45) is 0 Å². The van der Waals surface area contributed by atoms with Crippen LogP contribution in [0.1, 0.15) is 6.42 Å². The zero-order valence-corrected chi connectivity index (χ0v) is 12.8. The number of alkyl halides is 1. The van der Waals surface area contributed by atoms with Gasteiger partial charge in [0.1, 0.15) is 5.82 Å². The van der Waals surface area contributed by atoms with Gasteiger partial charge in [-0.2, -0.15) is 0 Å². The van der Waals surface area contributed by atoms with E-state index in [1.165, 1.54) is 0 Å². The van der Waals surface area contributed by atoms with Crippen molar-refractivity contribution in [1.29, 1.82) is 0 Å². The van der Waals surface area contributed by atoms with Crippen molar-refractivity contribution in [1.82, 2.24) is 4.98 Å². The summed E-state index contributed by atoms with van der Waals surface area (Å²) in [4.78, 5) is 4.24. The lowest BCUT2D eigenvalue weighted by Gasteiger charge is -2.10. The van der Waals surface area contributed by atoms with E-state index in [2.05, 4.69) is 42.2 Å². The predicted molar refractivity (Wildman–Crippen MR) is 74.3 cm³/mol. The molecule has 0 saturated heterocycles. The molecule has 90 valence electrons. The monoisotopic (exact) mass is 370 g/mol. The molecule has 1 heterocycles. The summed E-state index contributed by atoms with van der Waals surface area (Å²) in [6.07, 6.45) is 2.58. The van der Waals surface area contributed by atoms with Gasteiger partial charge in [-0.05, 0) is 44.3 Å². The second-order valence-electron chi connectivity index (χ2n) is 3.25. The van der Waals surface area contributed by atoms with E-state index >= 15 is 0 Å². The summed E-state index contributed by atoms with van der Waals surface area (Å²) >= 11 is 12.8. The van der Waals surface area contributed by atoms with Crippen molar-refractivity contribution >= 4 is 49.3 Å². The van der Waals surface area contributed by atoms with E-state index in [9.17, 15) is 0 Å². The van der Waals surface area contributed by atoms with Crippen LogP contribution in [0.2, 0.25) is 0 Å². The first-order chi connectivity index (χ1) is 7.63. The highest BCUT2D eigenvalue weighted by atomic mass is 79.9. The van der Waals surface area contributed by atoms with Crippen LogP contribution < -0.4 is 5.32 Å². The molecule has 0 fully saturated rings. The molecule has 16 heavy (non-hydrogen) atoms. The van der Waals surface area contributed by atoms with E-state index in [0.717, 1.165) is 27.7 Å². The third kappa shape index (κ3) is 4.99. The van der Waals surface area contributed by atoms with Gasteiger partial charge in [-0.15, -0.1) is 11.6 Å². The Balaban J connectivity index is 2.37. The summed E-state index contributed by atoms with van der Waals surface area (Å²) in [7, 11) is 1.65. The standard InChI is InChI=1S/C10H13Br2ClN2O/c1-16-6-8(13)2-3-14-10-9(12)4-7(11)5-15-10/h4-5,8H,2-3,6H2,1H3,(H,14,15). The number of hydrogen-bond donors (Lipinski definition) is 1. The molecule has 1 N–H and O–H groups in total. The Bertz CT molecular complexity index is 339. The zero-order valence-electron chi connectivity index (χ0n) is 8.84. The molecule has 3 nitrogen and oxygen atoms in total. The van der Waals surface area contributed by atoms with Gasteiger partial charge in [0.15, 0.2) is 0 Å². The van der Waals surface area contributed by atoms with Crippen LogP contribution in [0.3, 0.4) is 0 Å². The van der Waals surface area contributed by atoms with Gasteiger partial charge in [0.05, 0.1) is 16.5 Å². The molecule has 0 aliphatic carbocycles. The SMILES string of the molecule is COCC(Cl)CCNc1ncc(Br)cc1Br. The van der Waals surface area contributed by atoms with E-state index in [0.29, 0.717) is 6.61 Å². The molecule has 0 bridgehead atoms. The molecule has 1 rings (SSSR count). The number of hydrogen-bond acceptors (Lipinski definition) is 3. The Morgan fingerprint density at radius 3 is 2.94 bits per heavy atom. The Kier molecular flexibility index (Phi) is 6.65. The molecular formula is C10H13Br2ClN2O. The Morgan fingerprint density at radius 2 is 2.31 bits per heavy atom. The van der Waals surface area contributed by atoms with Crippen molar-refractivity contribution in [3.05, 3.63) is 21.2 Å². The van der Waals surface area contributed by atoms with E-state index in [-0.39, 0.29) is 5.38 Å². The molecule has 1 aromatic rings. The first-order valence-corrected chi connectivity index (χ1v) is 6.83. The summed E-state index contributed by atoms with van der Waals surface area (Å²) in [6, 6.07) is 1.95. The highest BCUT2D eigenvalue weighted by molar-refractivity contribution is 9.11. The number of ether oxygens (including phenoxy) is 1. The van der Waals surface area contributed by atoms with Crippen LogP contribution >= 0.6 is 43.5 Å². The van der Waals surface area contributed by atoms with Gasteiger partial charge in [-0.25, -0.2) is 4.98 Å². The largest absolute Gasteiger partial charge is 0.383 e. The lowest BCUT2D eigenvalue weighted by Crippen LogP contribution is -2.14. The fourth-order valence-corrected chi connectivity index (χ4v) is 2.52. The second kappa shape index (κ2) is 7.48. The first kappa shape index (κ1) is 14.2. The number of aromatic nitrogens is 1. The zero-order chi connectivity index (χ0) is 12.0. The van der Waals surface area contributed by atoms with Crippen molar-refractivity contribution in [3.8, 4) is 0 Å². The van der Waals surface area contributed by atoms with Crippen LogP contribution in [0.4, 0.5) is 5.82 Å². The average Bonchev–Trinajstić information content (AvgIpc) is 2.22. The summed E-state index contributed by atoms with van der Waals surface area (Å²) in [5, 5.41) is 3.24. The maximum Gasteiger partial charge on any atom is 0.140 e. The topological polar surface area (TPSA) is 34.1 Å². The average molecular weight is 372 g/mol. The third-order valence-electron chi connectivity index (χ3n) is 1.91. The summed E-state index contributed by atoms with van der Waals surface area (Å²) in [5.74, 6) is 0.824. The Hall–Kier alpha value is 0.160. The van der Waals surface area contributed by atoms with E-state index in [1.54, 1.807) is 13.3 Å². The number of rotatable bonds is 6. The molecule has 0 spiro atoms. The van der Waals surface area contributed by atoms with Crippen molar-refractivity contribution in [3.63, 3.8) is 0 Å². The summed E-state index contributed by atoms with van der Waals surface area (Å²) < 4.78 is 6.83.